The van der Waals surface area contributed by atoms with Crippen molar-refractivity contribution < 1.29 is 38.2 Å². The Bertz CT molecular complexity index is 1780. The average molecular weight is 589 g/mol. The number of methoxy groups -OCH3 is 1. The van der Waals surface area contributed by atoms with Gasteiger partial charge in [0, 0.05) is 29.9 Å². The average Bonchev–Trinajstić information content (AvgIpc) is 3.36. The van der Waals surface area contributed by atoms with E-state index < -0.39 is 38.9 Å². The van der Waals surface area contributed by atoms with Crippen molar-refractivity contribution in [1.29, 1.82) is 0 Å². The minimum absolute atomic E-state index is 0.0245. The summed E-state index contributed by atoms with van der Waals surface area (Å²) in [4.78, 5) is 36.2. The van der Waals surface area contributed by atoms with E-state index in [1.54, 1.807) is 6.07 Å². The molecule has 2 aliphatic rings. The summed E-state index contributed by atoms with van der Waals surface area (Å²) in [6, 6.07) is 18.0. The molecule has 12 heteroatoms. The number of ether oxygens (including phenoxy) is 2. The van der Waals surface area contributed by atoms with Crippen molar-refractivity contribution in [2.24, 2.45) is 0 Å². The Hall–Kier alpha value is -4.14. The molecule has 0 bridgehead atoms. The number of benzene rings is 4. The molecule has 4 N–H and O–H groups in total. The standard InChI is InChI=1S/C30H26N3O8P/c1-39-16-24-23(41-42(37)38)14-25(40-24)33-15-20(28(34)32-30(33)36)6-3-13-31-29(35)22-12-10-19-8-7-17-4-2-5-18-9-11-21(22)27(19)26(17)18/h2,4-5,7-12,15,23-25,30,36H,13-14,16H2,1H3,(H2-,31,32,34,35,37,38)/p+1. The van der Waals surface area contributed by atoms with Crippen LogP contribution in [-0.2, 0) is 23.4 Å². The first-order valence-electron chi connectivity index (χ1n) is 13.2. The van der Waals surface area contributed by atoms with Crippen molar-refractivity contribution in [3.05, 3.63) is 71.9 Å². The van der Waals surface area contributed by atoms with E-state index in [2.05, 4.69) is 46.7 Å². The normalized spacial score (nSPS) is 22.6. The molecule has 42 heavy (non-hydrogen) atoms. The summed E-state index contributed by atoms with van der Waals surface area (Å²) in [5, 5.41) is 21.9. The van der Waals surface area contributed by atoms with Crippen molar-refractivity contribution in [3.8, 4) is 11.8 Å². The first-order valence-corrected chi connectivity index (χ1v) is 14.4. The van der Waals surface area contributed by atoms with Gasteiger partial charge < -0.3 is 30.1 Å². The zero-order valence-electron chi connectivity index (χ0n) is 22.4. The largest absolute Gasteiger partial charge is 0.695 e. The lowest BCUT2D eigenvalue weighted by atomic mass is 9.92. The summed E-state index contributed by atoms with van der Waals surface area (Å²) in [7, 11) is -1.42. The molecule has 0 aromatic heterocycles. The summed E-state index contributed by atoms with van der Waals surface area (Å²) in [6.45, 7) is 0.0755. The van der Waals surface area contributed by atoms with Crippen molar-refractivity contribution in [2.75, 3.05) is 20.3 Å². The molecular weight excluding hydrogens is 561 g/mol. The molecule has 214 valence electrons. The second-order valence-corrected chi connectivity index (χ2v) is 10.7. The molecule has 1 fully saturated rings. The molecule has 0 radical (unpaired) electrons. The highest BCUT2D eigenvalue weighted by Crippen LogP contribution is 2.36. The van der Waals surface area contributed by atoms with Gasteiger partial charge in [-0.05, 0) is 38.4 Å². The number of rotatable bonds is 7. The molecule has 0 spiro atoms. The third kappa shape index (κ3) is 5.28. The van der Waals surface area contributed by atoms with Gasteiger partial charge in [-0.25, -0.2) is 0 Å². The monoisotopic (exact) mass is 588 g/mol. The van der Waals surface area contributed by atoms with Gasteiger partial charge in [-0.2, -0.15) is 0 Å². The molecule has 4 aromatic rings. The highest BCUT2D eigenvalue weighted by atomic mass is 31.1. The fourth-order valence-corrected chi connectivity index (χ4v) is 6.05. The number of hydrogen-bond acceptors (Lipinski definition) is 8. The SMILES string of the molecule is COCC1OC(N2C=C(C#CCNC(=O)c3ccc4ccc5cccc6ccc3c4c56)C(=O)NC2O)CC1O[P+](=O)O. The van der Waals surface area contributed by atoms with E-state index in [4.69, 9.17) is 14.0 Å². The van der Waals surface area contributed by atoms with Gasteiger partial charge in [0.05, 0.1) is 13.2 Å². The number of hydrogen-bond donors (Lipinski definition) is 4. The van der Waals surface area contributed by atoms with Crippen LogP contribution in [0.15, 0.2) is 66.4 Å². The third-order valence-corrected chi connectivity index (χ3v) is 7.92. The minimum Gasteiger partial charge on any atom is -0.382 e. The number of aliphatic hydroxyl groups excluding tert-OH is 1. The number of carbonyl (C=O) groups excluding carboxylic acids is 2. The Kier molecular flexibility index (Phi) is 7.75. The Morgan fingerprint density at radius 1 is 1.14 bits per heavy atom. The number of nitrogens with one attached hydrogen (secondary N) is 2. The van der Waals surface area contributed by atoms with Crippen LogP contribution in [0.3, 0.4) is 0 Å². The van der Waals surface area contributed by atoms with E-state index in [1.165, 1.54) is 18.2 Å². The maximum atomic E-state index is 13.2. The maximum absolute atomic E-state index is 13.2. The molecule has 5 atom stereocenters. The molecule has 5 unspecified atom stereocenters. The first-order chi connectivity index (χ1) is 20.3. The van der Waals surface area contributed by atoms with E-state index in [-0.39, 0.29) is 31.1 Å². The maximum Gasteiger partial charge on any atom is 0.695 e. The van der Waals surface area contributed by atoms with Crippen LogP contribution in [0, 0.1) is 11.8 Å². The van der Waals surface area contributed by atoms with Gasteiger partial charge in [0.1, 0.15) is 24.0 Å². The van der Waals surface area contributed by atoms with E-state index in [1.807, 2.05) is 24.3 Å². The lowest BCUT2D eigenvalue weighted by molar-refractivity contribution is -0.143. The lowest BCUT2D eigenvalue weighted by Crippen LogP contribution is -2.53. The summed E-state index contributed by atoms with van der Waals surface area (Å²) >= 11 is 0. The minimum atomic E-state index is -2.87. The van der Waals surface area contributed by atoms with Crippen molar-refractivity contribution in [2.45, 2.75) is 31.2 Å². The van der Waals surface area contributed by atoms with Crippen LogP contribution in [0.4, 0.5) is 0 Å². The van der Waals surface area contributed by atoms with Gasteiger partial charge in [-0.1, -0.05) is 60.4 Å². The number of amides is 2. The Labute approximate surface area is 241 Å². The fraction of sp³-hybridized carbons (Fsp3) is 0.267. The quantitative estimate of drug-likeness (QED) is 0.145. The molecule has 11 nitrogen and oxygen atoms in total. The fourth-order valence-electron chi connectivity index (χ4n) is 5.59. The number of carbonyl (C=O) groups is 2. The van der Waals surface area contributed by atoms with Gasteiger partial charge in [-0.3, -0.25) is 9.59 Å². The second-order valence-electron chi connectivity index (χ2n) is 9.99. The second kappa shape index (κ2) is 11.6. The van der Waals surface area contributed by atoms with Crippen molar-refractivity contribution >= 4 is 52.4 Å². The molecule has 2 aliphatic heterocycles. The van der Waals surface area contributed by atoms with Crippen molar-refractivity contribution in [3.63, 3.8) is 0 Å². The van der Waals surface area contributed by atoms with Crippen LogP contribution in [0.2, 0.25) is 0 Å². The molecule has 0 saturated carbocycles. The summed E-state index contributed by atoms with van der Waals surface area (Å²) < 4.78 is 27.3. The van der Waals surface area contributed by atoms with Crippen LogP contribution in [0.1, 0.15) is 16.8 Å². The van der Waals surface area contributed by atoms with Crippen LogP contribution in [0.25, 0.3) is 32.3 Å². The summed E-state index contributed by atoms with van der Waals surface area (Å²) in [5.41, 5.74) is 0.568. The van der Waals surface area contributed by atoms with Crippen LogP contribution >= 0.6 is 8.25 Å². The van der Waals surface area contributed by atoms with E-state index in [0.717, 1.165) is 32.3 Å². The van der Waals surface area contributed by atoms with Crippen molar-refractivity contribution in [1.82, 2.24) is 15.5 Å². The molecular formula is C30H27N3O8P+. The summed E-state index contributed by atoms with van der Waals surface area (Å²) in [5.74, 6) is 4.65. The lowest BCUT2D eigenvalue weighted by Gasteiger charge is -2.35. The van der Waals surface area contributed by atoms with E-state index >= 15 is 0 Å². The molecule has 6 rings (SSSR count). The van der Waals surface area contributed by atoms with Gasteiger partial charge in [0.2, 0.25) is 6.35 Å². The Balaban J connectivity index is 1.18. The van der Waals surface area contributed by atoms with Crippen LogP contribution in [-0.4, -0.2) is 71.8 Å². The molecule has 2 amide bonds. The zero-order valence-corrected chi connectivity index (χ0v) is 23.3. The molecule has 2 heterocycles. The van der Waals surface area contributed by atoms with Crippen LogP contribution < -0.4 is 10.6 Å². The zero-order chi connectivity index (χ0) is 29.4. The Morgan fingerprint density at radius 3 is 2.60 bits per heavy atom. The number of aliphatic hydroxyl groups is 1. The van der Waals surface area contributed by atoms with Gasteiger partial charge >= 0.3 is 8.25 Å². The van der Waals surface area contributed by atoms with Gasteiger partial charge in [-0.15, -0.1) is 9.42 Å². The van der Waals surface area contributed by atoms with E-state index in [9.17, 15) is 24.2 Å². The van der Waals surface area contributed by atoms with E-state index in [0.29, 0.717) is 5.56 Å². The molecule has 4 aromatic carbocycles. The van der Waals surface area contributed by atoms with Gasteiger partial charge in [0.25, 0.3) is 11.8 Å². The molecule has 1 saturated heterocycles. The number of nitrogens with zero attached hydrogens (tertiary/aromatic N) is 1. The van der Waals surface area contributed by atoms with Gasteiger partial charge in [0.15, 0.2) is 0 Å². The third-order valence-electron chi connectivity index (χ3n) is 7.47. The highest BCUT2D eigenvalue weighted by Gasteiger charge is 2.45. The Morgan fingerprint density at radius 2 is 1.86 bits per heavy atom. The smallest absolute Gasteiger partial charge is 0.382 e. The topological polar surface area (TPSA) is 147 Å². The van der Waals surface area contributed by atoms with Crippen LogP contribution in [0.5, 0.6) is 0 Å². The predicted octanol–water partition coefficient (Wildman–Crippen LogP) is 2.71. The summed E-state index contributed by atoms with van der Waals surface area (Å²) in [6.07, 6.45) is -2.12. The first kappa shape index (κ1) is 28.0. The highest BCUT2D eigenvalue weighted by molar-refractivity contribution is 7.32. The predicted molar refractivity (Wildman–Crippen MR) is 154 cm³/mol. The molecule has 0 aliphatic carbocycles.